The standard InChI is InChI=1S/C20H19ClFN3O/c21-15-2-1-3-17(11-15)24-6-8-25(9-7-24)20(26)10-14-13-23-19-12-16(22)4-5-18(14)19/h1-5,11-13,23H,6-10H2. The number of benzene rings is 2. The van der Waals surface area contributed by atoms with Gasteiger partial charge in [0.1, 0.15) is 5.82 Å². The lowest BCUT2D eigenvalue weighted by molar-refractivity contribution is -0.130. The van der Waals surface area contributed by atoms with Crippen molar-refractivity contribution in [3.05, 3.63) is 65.1 Å². The maximum atomic E-state index is 13.3. The van der Waals surface area contributed by atoms with E-state index in [2.05, 4.69) is 9.88 Å². The van der Waals surface area contributed by atoms with Crippen LogP contribution in [0.2, 0.25) is 5.02 Å². The van der Waals surface area contributed by atoms with Gasteiger partial charge in [-0.05, 0) is 42.0 Å². The number of hydrogen-bond donors (Lipinski definition) is 1. The third-order valence-electron chi connectivity index (χ3n) is 4.88. The zero-order chi connectivity index (χ0) is 18.1. The van der Waals surface area contributed by atoms with Crippen LogP contribution in [0.25, 0.3) is 10.9 Å². The highest BCUT2D eigenvalue weighted by Crippen LogP contribution is 2.22. The molecule has 1 aliphatic heterocycles. The molecule has 1 aliphatic rings. The van der Waals surface area contributed by atoms with E-state index in [1.807, 2.05) is 29.2 Å². The second kappa shape index (κ2) is 7.00. The average Bonchev–Trinajstić information content (AvgIpc) is 3.03. The monoisotopic (exact) mass is 371 g/mol. The molecular weight excluding hydrogens is 353 g/mol. The van der Waals surface area contributed by atoms with E-state index >= 15 is 0 Å². The molecule has 0 unspecified atom stereocenters. The highest BCUT2D eigenvalue weighted by Gasteiger charge is 2.22. The summed E-state index contributed by atoms with van der Waals surface area (Å²) < 4.78 is 13.3. The molecule has 3 aromatic rings. The van der Waals surface area contributed by atoms with Crippen molar-refractivity contribution in [2.75, 3.05) is 31.1 Å². The Morgan fingerprint density at radius 1 is 1.12 bits per heavy atom. The molecule has 1 amide bonds. The smallest absolute Gasteiger partial charge is 0.227 e. The number of carbonyl (C=O) groups excluding carboxylic acids is 1. The predicted molar refractivity (Wildman–Crippen MR) is 102 cm³/mol. The van der Waals surface area contributed by atoms with Crippen molar-refractivity contribution in [2.45, 2.75) is 6.42 Å². The fraction of sp³-hybridized carbons (Fsp3) is 0.250. The molecule has 1 fully saturated rings. The zero-order valence-corrected chi connectivity index (χ0v) is 15.0. The van der Waals surface area contributed by atoms with Gasteiger partial charge in [-0.1, -0.05) is 17.7 Å². The molecule has 4 rings (SSSR count). The summed E-state index contributed by atoms with van der Waals surface area (Å²) in [5.41, 5.74) is 2.71. The third kappa shape index (κ3) is 3.40. The van der Waals surface area contributed by atoms with Crippen LogP contribution in [-0.4, -0.2) is 42.0 Å². The Hall–Kier alpha value is -2.53. The molecule has 1 aromatic heterocycles. The topological polar surface area (TPSA) is 39.3 Å². The van der Waals surface area contributed by atoms with E-state index in [-0.39, 0.29) is 11.7 Å². The number of nitrogens with one attached hydrogen (secondary N) is 1. The van der Waals surface area contributed by atoms with E-state index in [0.29, 0.717) is 19.5 Å². The van der Waals surface area contributed by atoms with Gasteiger partial charge < -0.3 is 14.8 Å². The first kappa shape index (κ1) is 16.9. The predicted octanol–water partition coefficient (Wildman–Crippen LogP) is 3.85. The number of carbonyl (C=O) groups is 1. The fourth-order valence-electron chi connectivity index (χ4n) is 3.47. The van der Waals surface area contributed by atoms with Crippen LogP contribution in [0.1, 0.15) is 5.56 Å². The second-order valence-corrected chi connectivity index (χ2v) is 6.96. The number of rotatable bonds is 3. The van der Waals surface area contributed by atoms with Gasteiger partial charge in [0.15, 0.2) is 0 Å². The molecular formula is C20H19ClFN3O. The van der Waals surface area contributed by atoms with Crippen LogP contribution >= 0.6 is 11.6 Å². The van der Waals surface area contributed by atoms with Crippen molar-refractivity contribution < 1.29 is 9.18 Å². The SMILES string of the molecule is O=C(Cc1c[nH]c2cc(F)ccc12)N1CCN(c2cccc(Cl)c2)CC1. The molecule has 1 N–H and O–H groups in total. The van der Waals surface area contributed by atoms with E-state index in [0.717, 1.165) is 40.3 Å². The van der Waals surface area contributed by atoms with Gasteiger partial charge in [0.05, 0.1) is 6.42 Å². The molecule has 0 aliphatic carbocycles. The van der Waals surface area contributed by atoms with Crippen LogP contribution in [0, 0.1) is 5.82 Å². The number of fused-ring (bicyclic) bond motifs is 1. The lowest BCUT2D eigenvalue weighted by Gasteiger charge is -2.36. The van der Waals surface area contributed by atoms with Gasteiger partial charge in [0, 0.05) is 54.0 Å². The lowest BCUT2D eigenvalue weighted by atomic mass is 10.1. The quantitative estimate of drug-likeness (QED) is 0.759. The van der Waals surface area contributed by atoms with Gasteiger partial charge in [0.25, 0.3) is 0 Å². The van der Waals surface area contributed by atoms with Crippen molar-refractivity contribution in [3.8, 4) is 0 Å². The van der Waals surface area contributed by atoms with Gasteiger partial charge in [-0.25, -0.2) is 4.39 Å². The first-order chi connectivity index (χ1) is 12.6. The van der Waals surface area contributed by atoms with Crippen LogP contribution in [0.3, 0.4) is 0 Å². The van der Waals surface area contributed by atoms with E-state index < -0.39 is 0 Å². The number of halogens is 2. The van der Waals surface area contributed by atoms with Gasteiger partial charge in [-0.2, -0.15) is 0 Å². The van der Waals surface area contributed by atoms with Gasteiger partial charge in [-0.15, -0.1) is 0 Å². The van der Waals surface area contributed by atoms with E-state index in [1.165, 1.54) is 12.1 Å². The molecule has 4 nitrogen and oxygen atoms in total. The molecule has 0 bridgehead atoms. The Morgan fingerprint density at radius 2 is 1.92 bits per heavy atom. The number of H-pyrrole nitrogens is 1. The largest absolute Gasteiger partial charge is 0.368 e. The maximum absolute atomic E-state index is 13.3. The maximum Gasteiger partial charge on any atom is 0.227 e. The van der Waals surface area contributed by atoms with Gasteiger partial charge >= 0.3 is 0 Å². The molecule has 0 spiro atoms. The second-order valence-electron chi connectivity index (χ2n) is 6.53. The van der Waals surface area contributed by atoms with Gasteiger partial charge in [0.2, 0.25) is 5.91 Å². The Morgan fingerprint density at radius 3 is 2.69 bits per heavy atom. The molecule has 0 radical (unpaired) electrons. The number of hydrogen-bond acceptors (Lipinski definition) is 2. The van der Waals surface area contributed by atoms with Crippen LogP contribution < -0.4 is 4.90 Å². The highest BCUT2D eigenvalue weighted by atomic mass is 35.5. The van der Waals surface area contributed by atoms with Crippen molar-refractivity contribution >= 4 is 34.1 Å². The normalized spacial score (nSPS) is 14.8. The Kier molecular flexibility index (Phi) is 4.55. The van der Waals surface area contributed by atoms with Crippen molar-refractivity contribution in [1.29, 1.82) is 0 Å². The number of anilines is 1. The molecule has 0 saturated carbocycles. The van der Waals surface area contributed by atoms with Gasteiger partial charge in [-0.3, -0.25) is 4.79 Å². The summed E-state index contributed by atoms with van der Waals surface area (Å²) in [4.78, 5) is 19.8. The summed E-state index contributed by atoms with van der Waals surface area (Å²) in [6.45, 7) is 2.93. The van der Waals surface area contributed by atoms with Crippen LogP contribution in [0.15, 0.2) is 48.7 Å². The Balaban J connectivity index is 1.40. The lowest BCUT2D eigenvalue weighted by Crippen LogP contribution is -2.49. The number of aromatic amines is 1. The Labute approximate surface area is 156 Å². The third-order valence-corrected chi connectivity index (χ3v) is 5.11. The van der Waals surface area contributed by atoms with E-state index in [1.54, 1.807) is 12.3 Å². The summed E-state index contributed by atoms with van der Waals surface area (Å²) in [5.74, 6) is -0.185. The van der Waals surface area contributed by atoms with Crippen LogP contribution in [-0.2, 0) is 11.2 Å². The van der Waals surface area contributed by atoms with Crippen LogP contribution in [0.5, 0.6) is 0 Å². The first-order valence-electron chi connectivity index (χ1n) is 8.64. The molecule has 2 heterocycles. The minimum Gasteiger partial charge on any atom is -0.368 e. The summed E-state index contributed by atoms with van der Waals surface area (Å²) in [7, 11) is 0. The molecule has 0 atom stereocenters. The molecule has 26 heavy (non-hydrogen) atoms. The molecule has 134 valence electrons. The van der Waals surface area contributed by atoms with E-state index in [9.17, 15) is 9.18 Å². The molecule has 6 heteroatoms. The minimum atomic E-state index is -0.283. The summed E-state index contributed by atoms with van der Waals surface area (Å²) in [6.07, 6.45) is 2.12. The highest BCUT2D eigenvalue weighted by molar-refractivity contribution is 6.30. The van der Waals surface area contributed by atoms with Crippen molar-refractivity contribution in [1.82, 2.24) is 9.88 Å². The van der Waals surface area contributed by atoms with Crippen LogP contribution in [0.4, 0.5) is 10.1 Å². The fourth-order valence-corrected chi connectivity index (χ4v) is 3.65. The summed E-state index contributed by atoms with van der Waals surface area (Å²) in [5, 5.41) is 1.62. The summed E-state index contributed by atoms with van der Waals surface area (Å²) >= 11 is 6.06. The zero-order valence-electron chi connectivity index (χ0n) is 14.2. The van der Waals surface area contributed by atoms with Crippen molar-refractivity contribution in [2.24, 2.45) is 0 Å². The minimum absolute atomic E-state index is 0.0981. The summed E-state index contributed by atoms with van der Waals surface area (Å²) in [6, 6.07) is 12.4. The number of nitrogens with zero attached hydrogens (tertiary/aromatic N) is 2. The number of amides is 1. The Bertz CT molecular complexity index is 947. The average molecular weight is 372 g/mol. The van der Waals surface area contributed by atoms with E-state index in [4.69, 9.17) is 11.6 Å². The molecule has 1 saturated heterocycles. The molecule has 2 aromatic carbocycles. The number of piperazine rings is 1. The number of aromatic nitrogens is 1. The van der Waals surface area contributed by atoms with Crippen molar-refractivity contribution in [3.63, 3.8) is 0 Å². The first-order valence-corrected chi connectivity index (χ1v) is 9.02.